The molecular weight excluding hydrogens is 234 g/mol. The maximum absolute atomic E-state index is 10.5. The zero-order valence-electron chi connectivity index (χ0n) is 9.37. The van der Waals surface area contributed by atoms with Crippen LogP contribution in [0.15, 0.2) is 0 Å². The second-order valence-electron chi connectivity index (χ2n) is 2.55. The van der Waals surface area contributed by atoms with E-state index in [0.29, 0.717) is 24.9 Å². The Kier molecular flexibility index (Phi) is 9.67. The molecule has 0 atom stereocenters. The number of hydrogen-bond donors (Lipinski definition) is 3. The van der Waals surface area contributed by atoms with Gasteiger partial charge in [-0.15, -0.1) is 0 Å². The predicted octanol–water partition coefficient (Wildman–Crippen LogP) is -0.616. The summed E-state index contributed by atoms with van der Waals surface area (Å²) in [5.74, 6) is 0. The molecular formula is C8H17N3O4S. The first kappa shape index (κ1) is 14.9. The van der Waals surface area contributed by atoms with Crippen molar-refractivity contribution in [3.63, 3.8) is 0 Å². The second kappa shape index (κ2) is 10.4. The minimum Gasteiger partial charge on any atom is -0.438 e. The van der Waals surface area contributed by atoms with E-state index in [0.717, 1.165) is 0 Å². The number of nitrogens with one attached hydrogen (secondary N) is 3. The molecule has 0 saturated carbocycles. The molecule has 94 valence electrons. The second-order valence-corrected chi connectivity index (χ2v) is 2.95. The van der Waals surface area contributed by atoms with E-state index in [4.69, 9.17) is 17.0 Å². The number of rotatable bonds is 7. The molecule has 0 rings (SSSR count). The summed E-state index contributed by atoms with van der Waals surface area (Å²) in [5, 5.41) is 3.39. The third-order valence-electron chi connectivity index (χ3n) is 1.38. The molecule has 3 N–H and O–H groups in total. The van der Waals surface area contributed by atoms with Gasteiger partial charge in [0.25, 0.3) is 0 Å². The van der Waals surface area contributed by atoms with Crippen LogP contribution in [0.25, 0.3) is 0 Å². The molecule has 7 nitrogen and oxygen atoms in total. The van der Waals surface area contributed by atoms with Crippen molar-refractivity contribution in [2.45, 2.75) is 0 Å². The predicted molar refractivity (Wildman–Crippen MR) is 62.0 cm³/mol. The summed E-state index contributed by atoms with van der Waals surface area (Å²) < 4.78 is 14.0. The van der Waals surface area contributed by atoms with Gasteiger partial charge in [0.1, 0.15) is 6.61 Å². The molecule has 0 aromatic carbocycles. The average molecular weight is 251 g/mol. The molecule has 0 amide bonds. The minimum atomic E-state index is -0.707. The largest absolute Gasteiger partial charge is 0.508 e. The van der Waals surface area contributed by atoms with Gasteiger partial charge in [-0.3, -0.25) is 5.43 Å². The Labute approximate surface area is 99.8 Å². The number of carbonyl (C=O) groups excluding carboxylic acids is 1. The molecule has 0 spiro atoms. The summed E-state index contributed by atoms with van der Waals surface area (Å²) in [4.78, 5) is 10.5. The number of ether oxygens (including phenoxy) is 3. The van der Waals surface area contributed by atoms with E-state index in [2.05, 4.69) is 25.6 Å². The number of hydrogen-bond acceptors (Lipinski definition) is 6. The summed E-state index contributed by atoms with van der Waals surface area (Å²) >= 11 is 4.88. The lowest BCUT2D eigenvalue weighted by atomic mass is 10.6. The van der Waals surface area contributed by atoms with Crippen LogP contribution in [0.5, 0.6) is 0 Å². The maximum atomic E-state index is 10.5. The van der Waals surface area contributed by atoms with Gasteiger partial charge in [0, 0.05) is 13.6 Å². The van der Waals surface area contributed by atoms with Crippen LogP contribution in [0, 0.1) is 0 Å². The topological polar surface area (TPSA) is 80.9 Å². The van der Waals surface area contributed by atoms with Gasteiger partial charge in [0.15, 0.2) is 5.11 Å². The molecule has 0 fully saturated rings. The van der Waals surface area contributed by atoms with E-state index in [-0.39, 0.29) is 6.61 Å². The molecule has 0 heterocycles. The molecule has 0 unspecified atom stereocenters. The number of hydrazine groups is 1. The van der Waals surface area contributed by atoms with Crippen LogP contribution in [-0.2, 0) is 14.2 Å². The number of methoxy groups -OCH3 is 1. The van der Waals surface area contributed by atoms with Gasteiger partial charge >= 0.3 is 6.16 Å². The lowest BCUT2D eigenvalue weighted by Crippen LogP contribution is -2.43. The Morgan fingerprint density at radius 3 is 2.69 bits per heavy atom. The van der Waals surface area contributed by atoms with Crippen molar-refractivity contribution in [3.05, 3.63) is 0 Å². The van der Waals surface area contributed by atoms with Gasteiger partial charge in [-0.1, -0.05) is 0 Å². The Morgan fingerprint density at radius 2 is 2.06 bits per heavy atom. The zero-order chi connectivity index (χ0) is 12.2. The van der Waals surface area contributed by atoms with Crippen molar-refractivity contribution >= 4 is 23.5 Å². The van der Waals surface area contributed by atoms with E-state index in [1.165, 1.54) is 7.11 Å². The normalized spacial score (nSPS) is 9.38. The Hall–Kier alpha value is -1.12. The summed E-state index contributed by atoms with van der Waals surface area (Å²) in [7, 11) is 2.97. The van der Waals surface area contributed by atoms with Crippen LogP contribution < -0.4 is 16.2 Å². The van der Waals surface area contributed by atoms with E-state index in [1.807, 2.05) is 0 Å². The molecule has 8 heteroatoms. The fourth-order valence-corrected chi connectivity index (χ4v) is 0.943. The van der Waals surface area contributed by atoms with Crippen molar-refractivity contribution in [3.8, 4) is 0 Å². The fourth-order valence-electron chi connectivity index (χ4n) is 0.739. The monoisotopic (exact) mass is 251 g/mol. The van der Waals surface area contributed by atoms with Crippen molar-refractivity contribution in [2.75, 3.05) is 40.5 Å². The fraction of sp³-hybridized carbons (Fsp3) is 0.750. The molecule has 0 aliphatic heterocycles. The third-order valence-corrected chi connectivity index (χ3v) is 1.63. The van der Waals surface area contributed by atoms with Crippen molar-refractivity contribution in [1.29, 1.82) is 0 Å². The summed E-state index contributed by atoms with van der Waals surface area (Å²) in [6.07, 6.45) is -0.707. The smallest absolute Gasteiger partial charge is 0.438 e. The van der Waals surface area contributed by atoms with Crippen LogP contribution in [0.4, 0.5) is 4.79 Å². The van der Waals surface area contributed by atoms with Crippen LogP contribution >= 0.6 is 12.2 Å². The molecule has 16 heavy (non-hydrogen) atoms. The first-order chi connectivity index (χ1) is 7.70. The highest BCUT2D eigenvalue weighted by Crippen LogP contribution is 1.82. The highest BCUT2D eigenvalue weighted by molar-refractivity contribution is 7.80. The van der Waals surface area contributed by atoms with Gasteiger partial charge in [-0.05, 0) is 12.2 Å². The highest BCUT2D eigenvalue weighted by atomic mass is 32.1. The first-order valence-electron chi connectivity index (χ1n) is 4.69. The molecule has 0 bridgehead atoms. The summed E-state index contributed by atoms with van der Waals surface area (Å²) in [6, 6.07) is 0. The van der Waals surface area contributed by atoms with Gasteiger partial charge in [0.05, 0.1) is 20.3 Å². The molecule has 0 radical (unpaired) electrons. The van der Waals surface area contributed by atoms with Crippen molar-refractivity contribution in [1.82, 2.24) is 16.2 Å². The van der Waals surface area contributed by atoms with E-state index >= 15 is 0 Å². The average Bonchev–Trinajstić information content (AvgIpc) is 2.27. The number of thiocarbonyl (C=S) groups is 1. The summed E-state index contributed by atoms with van der Waals surface area (Å²) in [6.45, 7) is 1.54. The highest BCUT2D eigenvalue weighted by Gasteiger charge is 1.98. The Morgan fingerprint density at radius 1 is 1.31 bits per heavy atom. The summed E-state index contributed by atoms with van der Waals surface area (Å²) in [5.41, 5.74) is 5.38. The number of carbonyl (C=O) groups is 1. The first-order valence-corrected chi connectivity index (χ1v) is 5.10. The molecule has 0 aliphatic carbocycles. The van der Waals surface area contributed by atoms with Crippen LogP contribution in [0.3, 0.4) is 0 Å². The van der Waals surface area contributed by atoms with E-state index in [1.54, 1.807) is 7.05 Å². The van der Waals surface area contributed by atoms with Crippen LogP contribution in [-0.4, -0.2) is 51.8 Å². The van der Waals surface area contributed by atoms with E-state index < -0.39 is 6.16 Å². The Bertz CT molecular complexity index is 215. The maximum Gasteiger partial charge on any atom is 0.508 e. The lowest BCUT2D eigenvalue weighted by Gasteiger charge is -2.09. The molecule has 0 aromatic rings. The van der Waals surface area contributed by atoms with E-state index in [9.17, 15) is 4.79 Å². The van der Waals surface area contributed by atoms with Crippen molar-refractivity contribution in [2.24, 2.45) is 0 Å². The SMILES string of the molecule is CNNC(=S)NCCOCCOC(=O)OC. The molecule has 0 saturated heterocycles. The van der Waals surface area contributed by atoms with Crippen LogP contribution in [0.1, 0.15) is 0 Å². The Balaban J connectivity index is 3.15. The molecule has 0 aliphatic rings. The van der Waals surface area contributed by atoms with Crippen molar-refractivity contribution < 1.29 is 19.0 Å². The molecule has 0 aromatic heterocycles. The minimum absolute atomic E-state index is 0.173. The van der Waals surface area contributed by atoms with Gasteiger partial charge < -0.3 is 19.5 Å². The standard InChI is InChI=1S/C8H17N3O4S/c1-9-11-7(16)10-3-4-14-5-6-15-8(12)13-2/h9H,3-6H2,1-2H3,(H2,10,11,16). The van der Waals surface area contributed by atoms with Crippen LogP contribution in [0.2, 0.25) is 0 Å². The zero-order valence-corrected chi connectivity index (χ0v) is 10.2. The van der Waals surface area contributed by atoms with Gasteiger partial charge in [-0.2, -0.15) is 0 Å². The quantitative estimate of drug-likeness (QED) is 0.239. The lowest BCUT2D eigenvalue weighted by molar-refractivity contribution is 0.0388. The third kappa shape index (κ3) is 9.44. The van der Waals surface area contributed by atoms with Gasteiger partial charge in [0.2, 0.25) is 0 Å². The van der Waals surface area contributed by atoms with Gasteiger partial charge in [-0.25, -0.2) is 10.2 Å².